The van der Waals surface area contributed by atoms with Crippen molar-refractivity contribution in [3.63, 3.8) is 0 Å². The van der Waals surface area contributed by atoms with Gasteiger partial charge in [-0.05, 0) is 37.5 Å². The molecule has 10 nitrogen and oxygen atoms in total. The first-order valence-corrected chi connectivity index (χ1v) is 12.3. The minimum Gasteiger partial charge on any atom is -0.423 e. The van der Waals surface area contributed by atoms with E-state index in [9.17, 15) is 24.0 Å². The number of primary amides is 1. The lowest BCUT2D eigenvalue weighted by Crippen LogP contribution is -2.43. The van der Waals surface area contributed by atoms with E-state index in [0.717, 1.165) is 43.1 Å². The Balaban J connectivity index is 1.77. The highest BCUT2D eigenvalue weighted by molar-refractivity contribution is 5.92. The minimum absolute atomic E-state index is 0.0371. The van der Waals surface area contributed by atoms with Crippen LogP contribution in [0.5, 0.6) is 5.75 Å². The van der Waals surface area contributed by atoms with Crippen molar-refractivity contribution in [2.45, 2.75) is 77.7 Å². The average molecular weight is 502 g/mol. The summed E-state index contributed by atoms with van der Waals surface area (Å²) < 4.78 is 10.3. The first-order valence-electron chi connectivity index (χ1n) is 12.3. The molecule has 0 spiro atoms. The molecule has 1 heterocycles. The van der Waals surface area contributed by atoms with Gasteiger partial charge in [0.2, 0.25) is 11.8 Å². The number of amides is 3. The molecule has 0 aliphatic carbocycles. The number of aryl methyl sites for hydroxylation is 1. The summed E-state index contributed by atoms with van der Waals surface area (Å²) in [5.41, 5.74) is 5.80. The molecular formula is C26H35N3O7. The van der Waals surface area contributed by atoms with Crippen LogP contribution in [0.3, 0.4) is 0 Å². The maximum absolute atomic E-state index is 12.5. The Kier molecular flexibility index (Phi) is 11.6. The van der Waals surface area contributed by atoms with Crippen LogP contribution in [0, 0.1) is 6.92 Å². The Morgan fingerprint density at radius 3 is 2.50 bits per heavy atom. The molecule has 0 bridgehead atoms. The van der Waals surface area contributed by atoms with Crippen molar-refractivity contribution in [2.24, 2.45) is 5.73 Å². The van der Waals surface area contributed by atoms with Crippen LogP contribution in [0.2, 0.25) is 0 Å². The predicted molar refractivity (Wildman–Crippen MR) is 135 cm³/mol. The molecule has 1 aromatic heterocycles. The summed E-state index contributed by atoms with van der Waals surface area (Å²) in [4.78, 5) is 59.7. The van der Waals surface area contributed by atoms with Crippen molar-refractivity contribution in [1.82, 2.24) is 10.6 Å². The van der Waals surface area contributed by atoms with Gasteiger partial charge in [-0.25, -0.2) is 9.59 Å². The number of carbonyl (C=O) groups excluding carboxylic acids is 4. The van der Waals surface area contributed by atoms with Crippen LogP contribution >= 0.6 is 0 Å². The van der Waals surface area contributed by atoms with Crippen molar-refractivity contribution in [2.75, 3.05) is 6.54 Å². The van der Waals surface area contributed by atoms with Crippen molar-refractivity contribution in [3.05, 3.63) is 40.2 Å². The Labute approximate surface area is 209 Å². The van der Waals surface area contributed by atoms with Gasteiger partial charge in [0.1, 0.15) is 11.3 Å². The van der Waals surface area contributed by atoms with E-state index < -0.39 is 23.7 Å². The first-order chi connectivity index (χ1) is 17.2. The highest BCUT2D eigenvalue weighted by Gasteiger charge is 2.22. The number of nitrogens with two attached hydrogens (primary N) is 1. The van der Waals surface area contributed by atoms with Crippen molar-refractivity contribution in [1.29, 1.82) is 0 Å². The van der Waals surface area contributed by atoms with Crippen molar-refractivity contribution < 1.29 is 28.3 Å². The second-order valence-electron chi connectivity index (χ2n) is 8.75. The number of Topliss-reactive ketones (excluding diaryl/α,β-unsaturated/α-hetero) is 1. The molecule has 1 aromatic carbocycles. The van der Waals surface area contributed by atoms with Crippen LogP contribution in [-0.4, -0.2) is 36.3 Å². The second-order valence-corrected chi connectivity index (χ2v) is 8.75. The van der Waals surface area contributed by atoms with Crippen LogP contribution in [0.25, 0.3) is 11.0 Å². The highest BCUT2D eigenvalue weighted by Crippen LogP contribution is 2.22. The lowest BCUT2D eigenvalue weighted by molar-refractivity contribution is -0.130. The Hall–Kier alpha value is -3.69. The smallest absolute Gasteiger partial charge is 0.412 e. The van der Waals surface area contributed by atoms with Gasteiger partial charge in [0.05, 0.1) is 12.5 Å². The van der Waals surface area contributed by atoms with Crippen LogP contribution < -0.4 is 26.7 Å². The van der Waals surface area contributed by atoms with Gasteiger partial charge >= 0.3 is 11.7 Å². The van der Waals surface area contributed by atoms with Gasteiger partial charge in [-0.3, -0.25) is 14.4 Å². The fraction of sp³-hybridized carbons (Fsp3) is 0.500. The van der Waals surface area contributed by atoms with Gasteiger partial charge < -0.3 is 25.5 Å². The topological polar surface area (TPSA) is 158 Å². The second kappa shape index (κ2) is 14.7. The summed E-state index contributed by atoms with van der Waals surface area (Å²) in [6.07, 6.45) is 4.54. The molecule has 3 amide bonds. The van der Waals surface area contributed by atoms with Crippen LogP contribution in [0.15, 0.2) is 33.5 Å². The summed E-state index contributed by atoms with van der Waals surface area (Å²) in [6, 6.07) is 5.12. The lowest BCUT2D eigenvalue weighted by Gasteiger charge is -2.16. The molecule has 0 aliphatic rings. The van der Waals surface area contributed by atoms with E-state index in [4.69, 9.17) is 14.9 Å². The lowest BCUT2D eigenvalue weighted by atomic mass is 10.0. The number of unbranched alkanes of at least 4 members (excludes halogenated alkanes) is 4. The van der Waals surface area contributed by atoms with Crippen LogP contribution in [0.1, 0.15) is 70.3 Å². The van der Waals surface area contributed by atoms with Gasteiger partial charge in [-0.2, -0.15) is 0 Å². The third-order valence-corrected chi connectivity index (χ3v) is 5.64. The molecule has 0 saturated carbocycles. The van der Waals surface area contributed by atoms with E-state index in [1.807, 2.05) is 0 Å². The predicted octanol–water partition coefficient (Wildman–Crippen LogP) is 3.26. The molecule has 0 radical (unpaired) electrons. The van der Waals surface area contributed by atoms with Crippen LogP contribution in [0.4, 0.5) is 4.79 Å². The van der Waals surface area contributed by atoms with Crippen LogP contribution in [-0.2, 0) is 14.4 Å². The van der Waals surface area contributed by atoms with E-state index in [1.165, 1.54) is 12.1 Å². The molecule has 0 saturated heterocycles. The minimum atomic E-state index is -0.978. The molecule has 0 unspecified atom stereocenters. The zero-order valence-corrected chi connectivity index (χ0v) is 20.9. The molecular weight excluding hydrogens is 466 g/mol. The summed E-state index contributed by atoms with van der Waals surface area (Å²) in [5, 5.41) is 5.88. The normalized spacial score (nSPS) is 11.6. The summed E-state index contributed by atoms with van der Waals surface area (Å²) in [7, 11) is 0. The van der Waals surface area contributed by atoms with Crippen molar-refractivity contribution in [3.8, 4) is 5.75 Å². The highest BCUT2D eigenvalue weighted by atomic mass is 16.6. The standard InChI is InChI=1S/C26H35N3O7/c1-3-4-5-6-7-10-24(32)29-20(16-23(27)31)21(30)9-8-13-28-26(34)35-18-11-12-19-17(2)14-25(33)36-22(19)15-18/h11-12,14-15,20H,3-10,13,16H2,1-2H3,(H2,27,31)(H,28,34)(H,29,32)/t20-/m1/s1. The van der Waals surface area contributed by atoms with E-state index in [1.54, 1.807) is 19.1 Å². The zero-order chi connectivity index (χ0) is 26.5. The number of nitrogens with one attached hydrogen (secondary N) is 2. The summed E-state index contributed by atoms with van der Waals surface area (Å²) in [5.74, 6) is -1.10. The van der Waals surface area contributed by atoms with E-state index in [2.05, 4.69) is 17.6 Å². The van der Waals surface area contributed by atoms with Crippen molar-refractivity contribution >= 4 is 34.7 Å². The quantitative estimate of drug-likeness (QED) is 0.250. The number of benzene rings is 1. The van der Waals surface area contributed by atoms with Gasteiger partial charge in [-0.1, -0.05) is 32.6 Å². The average Bonchev–Trinajstić information content (AvgIpc) is 2.80. The Morgan fingerprint density at radius 1 is 1.03 bits per heavy atom. The maximum Gasteiger partial charge on any atom is 0.412 e. The van der Waals surface area contributed by atoms with Gasteiger partial charge in [0, 0.05) is 36.9 Å². The van der Waals surface area contributed by atoms with Gasteiger partial charge in [0.15, 0.2) is 5.78 Å². The monoisotopic (exact) mass is 501 g/mol. The summed E-state index contributed by atoms with van der Waals surface area (Å²) in [6.45, 7) is 4.03. The fourth-order valence-corrected chi connectivity index (χ4v) is 3.74. The molecule has 2 rings (SSSR count). The molecule has 0 aliphatic heterocycles. The van der Waals surface area contributed by atoms with E-state index >= 15 is 0 Å². The number of ketones is 1. The fourth-order valence-electron chi connectivity index (χ4n) is 3.74. The Morgan fingerprint density at radius 2 is 1.78 bits per heavy atom. The molecule has 2 aromatic rings. The third-order valence-electron chi connectivity index (χ3n) is 5.64. The largest absolute Gasteiger partial charge is 0.423 e. The molecule has 1 atom stereocenters. The van der Waals surface area contributed by atoms with E-state index in [0.29, 0.717) is 5.58 Å². The maximum atomic E-state index is 12.5. The number of carbonyl (C=O) groups is 4. The van der Waals surface area contributed by atoms with Gasteiger partial charge in [0.25, 0.3) is 0 Å². The zero-order valence-electron chi connectivity index (χ0n) is 20.9. The molecule has 196 valence electrons. The third kappa shape index (κ3) is 9.89. The number of rotatable bonds is 15. The Bertz CT molecular complexity index is 1130. The number of hydrogen-bond acceptors (Lipinski definition) is 7. The SMILES string of the molecule is CCCCCCCC(=O)N[C@H](CC(N)=O)C(=O)CCCNC(=O)Oc1ccc2c(C)cc(=O)oc2c1. The molecule has 36 heavy (non-hydrogen) atoms. The first kappa shape index (κ1) is 28.5. The summed E-state index contributed by atoms with van der Waals surface area (Å²) >= 11 is 0. The number of hydrogen-bond donors (Lipinski definition) is 3. The molecule has 4 N–H and O–H groups in total. The number of fused-ring (bicyclic) bond motifs is 1. The number of ether oxygens (including phenoxy) is 1. The van der Waals surface area contributed by atoms with E-state index in [-0.39, 0.29) is 49.7 Å². The molecule has 10 heteroatoms. The molecule has 0 fully saturated rings. The van der Waals surface area contributed by atoms with Gasteiger partial charge in [-0.15, -0.1) is 0 Å².